The molecule has 0 aromatic carbocycles. The number of ketones is 4. The first-order chi connectivity index (χ1) is 31.5. The molecule has 0 aromatic rings. The van der Waals surface area contributed by atoms with Gasteiger partial charge in [0.25, 0.3) is 0 Å². The Kier molecular flexibility index (Phi) is 13.0. The maximum absolute atomic E-state index is 12.4. The standard InChI is InChI=1S/2C20H32O2.C20H30O2/c3*1-3-20-11-8-14(21)12-13(20)4-5-15-16-6-7-18(22)19(16,2)10-9-17(15)20/h2*13-17,21H,3-12H2,1-2H3;13,15-17H,3-12H2,1-2H3/t2*13-,14-,15-,16-,17-,19-,20-;13-,15-,16-,17-,19-,20-/m000/s1. The summed E-state index contributed by atoms with van der Waals surface area (Å²) in [5.41, 5.74) is 1.40. The van der Waals surface area contributed by atoms with Crippen LogP contribution in [0.1, 0.15) is 234 Å². The van der Waals surface area contributed by atoms with Gasteiger partial charge >= 0.3 is 0 Å². The van der Waals surface area contributed by atoms with E-state index in [1.165, 1.54) is 89.9 Å². The Morgan fingerprint density at radius 2 is 0.742 bits per heavy atom. The molecule has 0 spiro atoms. The summed E-state index contributed by atoms with van der Waals surface area (Å²) < 4.78 is 0. The number of hydrogen-bond donors (Lipinski definition) is 2. The van der Waals surface area contributed by atoms with Crippen molar-refractivity contribution < 1.29 is 29.4 Å². The molecule has 20 atom stereocenters. The maximum Gasteiger partial charge on any atom is 0.139 e. The van der Waals surface area contributed by atoms with Gasteiger partial charge in [-0.3, -0.25) is 19.2 Å². The quantitative estimate of drug-likeness (QED) is 0.292. The van der Waals surface area contributed by atoms with E-state index in [1.54, 1.807) is 0 Å². The predicted octanol–water partition coefficient (Wildman–Crippen LogP) is 13.3. The molecule has 6 heteroatoms. The lowest BCUT2D eigenvalue weighted by Crippen LogP contribution is -2.55. The van der Waals surface area contributed by atoms with Gasteiger partial charge in [0.15, 0.2) is 0 Å². The lowest BCUT2D eigenvalue weighted by atomic mass is 9.44. The van der Waals surface area contributed by atoms with Crippen molar-refractivity contribution in [3.63, 3.8) is 0 Å². The summed E-state index contributed by atoms with van der Waals surface area (Å²) in [6, 6.07) is 0. The van der Waals surface area contributed by atoms with Gasteiger partial charge < -0.3 is 10.2 Å². The second-order valence-electron chi connectivity index (χ2n) is 27.1. The molecule has 0 amide bonds. The highest BCUT2D eigenvalue weighted by Gasteiger charge is 2.64. The van der Waals surface area contributed by atoms with Gasteiger partial charge in [-0.15, -0.1) is 0 Å². The summed E-state index contributed by atoms with van der Waals surface area (Å²) in [5.74, 6) is 11.0. The number of rotatable bonds is 3. The van der Waals surface area contributed by atoms with Gasteiger partial charge in [0.05, 0.1) is 12.2 Å². The summed E-state index contributed by atoms with van der Waals surface area (Å²) in [6.45, 7) is 14.0. The van der Waals surface area contributed by atoms with Gasteiger partial charge in [-0.25, -0.2) is 0 Å². The van der Waals surface area contributed by atoms with Crippen LogP contribution in [0.3, 0.4) is 0 Å². The maximum atomic E-state index is 12.4. The second-order valence-corrected chi connectivity index (χ2v) is 27.1. The van der Waals surface area contributed by atoms with Crippen molar-refractivity contribution in [1.29, 1.82) is 0 Å². The van der Waals surface area contributed by atoms with Gasteiger partial charge in [0.1, 0.15) is 23.1 Å². The number of fused-ring (bicyclic) bond motifs is 15. The van der Waals surface area contributed by atoms with E-state index in [9.17, 15) is 29.4 Å². The van der Waals surface area contributed by atoms with Crippen LogP contribution in [0.5, 0.6) is 0 Å². The summed E-state index contributed by atoms with van der Waals surface area (Å²) >= 11 is 0. The van der Waals surface area contributed by atoms with Gasteiger partial charge in [-0.05, 0) is 248 Å². The van der Waals surface area contributed by atoms with E-state index >= 15 is 0 Å². The Bertz CT molecular complexity index is 1790. The van der Waals surface area contributed by atoms with Crippen LogP contribution in [0.15, 0.2) is 0 Å². The third-order valence-corrected chi connectivity index (χ3v) is 26.0. The lowest BCUT2D eigenvalue weighted by molar-refractivity contribution is -0.148. The number of carbonyl (C=O) groups excluding carboxylic acids is 4. The average Bonchev–Trinajstić information content (AvgIpc) is 3.93. The van der Waals surface area contributed by atoms with Crippen LogP contribution < -0.4 is 0 Å². The molecule has 0 radical (unpaired) electrons. The van der Waals surface area contributed by atoms with E-state index in [0.29, 0.717) is 63.0 Å². The fraction of sp³-hybridized carbons (Fsp3) is 0.933. The molecular weight excluding hydrogens is 817 g/mol. The predicted molar refractivity (Wildman–Crippen MR) is 261 cm³/mol. The van der Waals surface area contributed by atoms with E-state index in [0.717, 1.165) is 150 Å². The van der Waals surface area contributed by atoms with Crippen LogP contribution in [0.4, 0.5) is 0 Å². The molecule has 370 valence electrons. The van der Waals surface area contributed by atoms with Crippen LogP contribution in [0, 0.1) is 104 Å². The third kappa shape index (κ3) is 7.20. The lowest BCUT2D eigenvalue weighted by Gasteiger charge is -2.61. The smallest absolute Gasteiger partial charge is 0.139 e. The fourth-order valence-electron chi connectivity index (χ4n) is 22.4. The molecule has 12 aliphatic rings. The number of aliphatic hydroxyl groups is 2. The Labute approximate surface area is 400 Å². The monoisotopic (exact) mass is 911 g/mol. The zero-order chi connectivity index (χ0) is 46.6. The molecule has 0 saturated heterocycles. The Morgan fingerprint density at radius 1 is 0.394 bits per heavy atom. The summed E-state index contributed by atoms with van der Waals surface area (Å²) in [6.07, 6.45) is 33.9. The molecule has 6 nitrogen and oxygen atoms in total. The molecule has 12 aliphatic carbocycles. The molecule has 0 unspecified atom stereocenters. The molecule has 66 heavy (non-hydrogen) atoms. The van der Waals surface area contributed by atoms with Crippen molar-refractivity contribution >= 4 is 23.1 Å². The van der Waals surface area contributed by atoms with E-state index in [2.05, 4.69) is 41.5 Å². The van der Waals surface area contributed by atoms with Crippen molar-refractivity contribution in [3.05, 3.63) is 0 Å². The topological polar surface area (TPSA) is 109 Å². The van der Waals surface area contributed by atoms with Gasteiger partial charge in [0, 0.05) is 48.3 Å². The highest BCUT2D eigenvalue weighted by atomic mass is 16.3. The number of Topliss-reactive ketones (excluding diaryl/α,β-unsaturated/α-hetero) is 4. The normalized spacial score (nSPS) is 53.4. The van der Waals surface area contributed by atoms with Crippen molar-refractivity contribution in [2.24, 2.45) is 104 Å². The van der Waals surface area contributed by atoms with Crippen molar-refractivity contribution in [1.82, 2.24) is 0 Å². The van der Waals surface area contributed by atoms with Crippen LogP contribution >= 0.6 is 0 Å². The minimum absolute atomic E-state index is 0.00653. The van der Waals surface area contributed by atoms with Gasteiger partial charge in [-0.2, -0.15) is 0 Å². The Morgan fingerprint density at radius 3 is 1.11 bits per heavy atom. The molecule has 0 bridgehead atoms. The molecule has 0 aromatic heterocycles. The van der Waals surface area contributed by atoms with Crippen LogP contribution in [-0.2, 0) is 19.2 Å². The summed E-state index contributed by atoms with van der Waals surface area (Å²) in [7, 11) is 0. The fourth-order valence-corrected chi connectivity index (χ4v) is 22.4. The highest BCUT2D eigenvalue weighted by molar-refractivity contribution is 5.88. The van der Waals surface area contributed by atoms with E-state index in [1.807, 2.05) is 0 Å². The first kappa shape index (κ1) is 48.2. The molecule has 12 fully saturated rings. The molecular formula is C60H94O6. The van der Waals surface area contributed by atoms with E-state index < -0.39 is 0 Å². The van der Waals surface area contributed by atoms with Crippen LogP contribution in [0.2, 0.25) is 0 Å². The molecule has 0 aliphatic heterocycles. The number of carbonyl (C=O) groups is 4. The summed E-state index contributed by atoms with van der Waals surface area (Å²) in [5, 5.41) is 20.3. The van der Waals surface area contributed by atoms with Crippen molar-refractivity contribution in [2.75, 3.05) is 0 Å². The molecule has 12 saturated carbocycles. The van der Waals surface area contributed by atoms with Crippen molar-refractivity contribution in [2.45, 2.75) is 246 Å². The SMILES string of the molecule is CC[C@]12CCC(=O)C[C@@H]1CC[C@@H]1[C@@H]2CC[C@]2(C)C(=O)CC[C@@H]12.CC[C@]12CC[C@H](O)C[C@@H]1CC[C@@H]1[C@@H]2CC[C@]2(C)C(=O)CC[C@@H]12.CC[C@]12CC[C@H](O)C[C@@H]1CC[C@@H]1[C@@H]2CC[C@]2(C)C(=O)CC[C@@H]12. The second kappa shape index (κ2) is 17.7. The van der Waals surface area contributed by atoms with Crippen LogP contribution in [0.25, 0.3) is 0 Å². The van der Waals surface area contributed by atoms with E-state index in [-0.39, 0.29) is 28.5 Å². The number of hydrogen-bond acceptors (Lipinski definition) is 6. The van der Waals surface area contributed by atoms with Gasteiger partial charge in [0.2, 0.25) is 0 Å². The van der Waals surface area contributed by atoms with Gasteiger partial charge in [-0.1, -0.05) is 41.5 Å². The Balaban J connectivity index is 0.000000116. The average molecular weight is 911 g/mol. The highest BCUT2D eigenvalue weighted by Crippen LogP contribution is 2.69. The largest absolute Gasteiger partial charge is 0.393 e. The zero-order valence-corrected chi connectivity index (χ0v) is 42.8. The third-order valence-electron chi connectivity index (χ3n) is 26.0. The minimum Gasteiger partial charge on any atom is -0.393 e. The van der Waals surface area contributed by atoms with Crippen LogP contribution in [-0.4, -0.2) is 45.6 Å². The van der Waals surface area contributed by atoms with E-state index in [4.69, 9.17) is 0 Å². The minimum atomic E-state index is -0.0526. The summed E-state index contributed by atoms with van der Waals surface area (Å²) in [4.78, 5) is 49.3. The Hall–Kier alpha value is -1.40. The first-order valence-electron chi connectivity index (χ1n) is 29.0. The zero-order valence-electron chi connectivity index (χ0n) is 42.8. The molecule has 2 N–H and O–H groups in total. The van der Waals surface area contributed by atoms with Crippen molar-refractivity contribution in [3.8, 4) is 0 Å². The first-order valence-corrected chi connectivity index (χ1v) is 29.0. The molecule has 0 heterocycles. The number of aliphatic hydroxyl groups excluding tert-OH is 2. The molecule has 12 rings (SSSR count).